The van der Waals surface area contributed by atoms with Crippen LogP contribution in [0.4, 0.5) is 5.69 Å². The zero-order valence-corrected chi connectivity index (χ0v) is 26.5. The molecule has 4 N–H and O–H groups in total. The van der Waals surface area contributed by atoms with E-state index in [1.54, 1.807) is 18.2 Å². The quantitative estimate of drug-likeness (QED) is 0.0874. The summed E-state index contributed by atoms with van der Waals surface area (Å²) in [5.74, 6) is -2.15. The maximum Gasteiger partial charge on any atom is 0.264 e. The van der Waals surface area contributed by atoms with E-state index in [0.717, 1.165) is 17.7 Å². The van der Waals surface area contributed by atoms with Gasteiger partial charge in [-0.05, 0) is 37.9 Å². The van der Waals surface area contributed by atoms with Crippen molar-refractivity contribution in [2.24, 2.45) is 5.73 Å². The van der Waals surface area contributed by atoms with Gasteiger partial charge in [-0.1, -0.05) is 6.07 Å². The molecule has 2 heterocycles. The van der Waals surface area contributed by atoms with Gasteiger partial charge >= 0.3 is 0 Å². The van der Waals surface area contributed by atoms with Gasteiger partial charge in [-0.25, -0.2) is 0 Å². The number of ether oxygens (including phenoxy) is 7. The lowest BCUT2D eigenvalue weighted by molar-refractivity contribution is -0.136. The molecule has 0 saturated carbocycles. The number of piperidine rings is 1. The van der Waals surface area contributed by atoms with Gasteiger partial charge in [0.05, 0.1) is 97.0 Å². The second-order valence-electron chi connectivity index (χ2n) is 10.4. The molecule has 0 bridgehead atoms. The first kappa shape index (κ1) is 37.4. The molecule has 4 amide bonds. The number of unbranched alkanes of at least 4 members (excludes halogenated alkanes) is 1. The molecule has 1 fully saturated rings. The zero-order valence-electron chi connectivity index (χ0n) is 26.5. The fourth-order valence-electron chi connectivity index (χ4n) is 4.69. The number of nitrogens with one attached hydrogen (secondary N) is 2. The number of carbonyl (C=O) groups excluding carboxylic acids is 4. The summed E-state index contributed by atoms with van der Waals surface area (Å²) in [6.07, 6.45) is 2.13. The second kappa shape index (κ2) is 22.5. The SMILES string of the molecule is NCCCCOCCOCCOCCOCCOCCOCCOCCNc1cccc2c1C(=O)N(C1CCC(=O)NC1=O)C2=O. The standard InChI is InChI=1S/C31H48N4O11/c32-8-1-2-10-40-12-14-42-16-18-44-20-22-46-23-21-45-19-17-43-15-13-41-11-9-33-25-5-3-4-24-28(25)31(39)35(30(24)38)26-6-7-27(36)34-29(26)37/h3-5,26,33H,1-2,6-23,32H2,(H,34,36,37). The summed E-state index contributed by atoms with van der Waals surface area (Å²) in [6.45, 7) is 7.87. The molecule has 2 aliphatic heterocycles. The first-order valence-electron chi connectivity index (χ1n) is 15.9. The van der Waals surface area contributed by atoms with Crippen LogP contribution < -0.4 is 16.4 Å². The van der Waals surface area contributed by atoms with Crippen LogP contribution in [0.3, 0.4) is 0 Å². The van der Waals surface area contributed by atoms with E-state index in [9.17, 15) is 19.2 Å². The smallest absolute Gasteiger partial charge is 0.264 e. The van der Waals surface area contributed by atoms with Gasteiger partial charge in [-0.2, -0.15) is 0 Å². The van der Waals surface area contributed by atoms with Crippen LogP contribution in [0, 0.1) is 0 Å². The first-order chi connectivity index (χ1) is 22.5. The number of carbonyl (C=O) groups is 4. The van der Waals surface area contributed by atoms with Crippen LogP contribution in [-0.4, -0.2) is 140 Å². The Morgan fingerprint density at radius 3 is 1.74 bits per heavy atom. The molecule has 258 valence electrons. The lowest BCUT2D eigenvalue weighted by atomic mass is 10.0. The number of fused-ring (bicyclic) bond motifs is 1. The van der Waals surface area contributed by atoms with Gasteiger partial charge in [-0.3, -0.25) is 29.4 Å². The number of imide groups is 2. The molecule has 0 aromatic heterocycles. The Balaban J connectivity index is 1.11. The number of benzene rings is 1. The van der Waals surface area contributed by atoms with E-state index in [0.29, 0.717) is 111 Å². The van der Waals surface area contributed by atoms with Crippen LogP contribution in [0.1, 0.15) is 46.4 Å². The molecule has 15 heteroatoms. The molecule has 0 aliphatic carbocycles. The topological polar surface area (TPSA) is 186 Å². The number of amides is 4. The van der Waals surface area contributed by atoms with E-state index in [1.807, 2.05) is 0 Å². The van der Waals surface area contributed by atoms with Gasteiger partial charge < -0.3 is 44.2 Å². The number of hydrogen-bond donors (Lipinski definition) is 3. The van der Waals surface area contributed by atoms with Crippen LogP contribution in [-0.2, 0) is 42.7 Å². The average Bonchev–Trinajstić information content (AvgIpc) is 3.30. The Morgan fingerprint density at radius 2 is 1.22 bits per heavy atom. The molecule has 1 aromatic carbocycles. The summed E-state index contributed by atoms with van der Waals surface area (Å²) in [6, 6.07) is 3.91. The van der Waals surface area contributed by atoms with Crippen LogP contribution in [0.15, 0.2) is 18.2 Å². The van der Waals surface area contributed by atoms with Crippen molar-refractivity contribution >= 4 is 29.3 Å². The molecule has 15 nitrogen and oxygen atoms in total. The number of hydrogen-bond acceptors (Lipinski definition) is 13. The molecule has 1 unspecified atom stereocenters. The van der Waals surface area contributed by atoms with Crippen LogP contribution >= 0.6 is 0 Å². The molecule has 46 heavy (non-hydrogen) atoms. The van der Waals surface area contributed by atoms with Crippen molar-refractivity contribution in [3.05, 3.63) is 29.3 Å². The van der Waals surface area contributed by atoms with Gasteiger partial charge in [0.2, 0.25) is 11.8 Å². The summed E-state index contributed by atoms with van der Waals surface area (Å²) in [7, 11) is 0. The third-order valence-corrected chi connectivity index (χ3v) is 7.00. The molecular weight excluding hydrogens is 604 g/mol. The van der Waals surface area contributed by atoms with Crippen molar-refractivity contribution in [2.75, 3.05) is 111 Å². The van der Waals surface area contributed by atoms with Crippen molar-refractivity contribution in [1.29, 1.82) is 0 Å². The maximum atomic E-state index is 13.1. The Morgan fingerprint density at radius 1 is 0.696 bits per heavy atom. The van der Waals surface area contributed by atoms with Gasteiger partial charge in [0, 0.05) is 25.3 Å². The number of anilines is 1. The van der Waals surface area contributed by atoms with E-state index >= 15 is 0 Å². The number of nitrogens with two attached hydrogens (primary N) is 1. The fourth-order valence-corrected chi connectivity index (χ4v) is 4.69. The Bertz CT molecular complexity index is 1090. The van der Waals surface area contributed by atoms with Crippen molar-refractivity contribution in [3.63, 3.8) is 0 Å². The van der Waals surface area contributed by atoms with Gasteiger partial charge in [0.25, 0.3) is 11.8 Å². The number of rotatable bonds is 27. The predicted octanol–water partition coefficient (Wildman–Crippen LogP) is 0.355. The average molecular weight is 653 g/mol. The zero-order chi connectivity index (χ0) is 32.8. The molecule has 1 saturated heterocycles. The Labute approximate surface area is 269 Å². The third kappa shape index (κ3) is 13.0. The first-order valence-corrected chi connectivity index (χ1v) is 15.9. The highest BCUT2D eigenvalue weighted by Gasteiger charge is 2.45. The monoisotopic (exact) mass is 652 g/mol. The van der Waals surface area contributed by atoms with Crippen molar-refractivity contribution in [2.45, 2.75) is 31.7 Å². The molecule has 0 radical (unpaired) electrons. The summed E-state index contributed by atoms with van der Waals surface area (Å²) in [4.78, 5) is 50.7. The lowest BCUT2D eigenvalue weighted by Crippen LogP contribution is -2.54. The highest BCUT2D eigenvalue weighted by atomic mass is 16.6. The van der Waals surface area contributed by atoms with E-state index in [4.69, 9.17) is 38.9 Å². The number of nitrogens with zero attached hydrogens (tertiary/aromatic N) is 1. The summed E-state index contributed by atoms with van der Waals surface area (Å²) in [5.41, 5.74) is 6.35. The minimum absolute atomic E-state index is 0.0700. The van der Waals surface area contributed by atoms with E-state index in [2.05, 4.69) is 10.6 Å². The van der Waals surface area contributed by atoms with Crippen LogP contribution in [0.25, 0.3) is 0 Å². The molecule has 0 spiro atoms. The Hall–Kier alpha value is -3.02. The minimum Gasteiger partial charge on any atom is -0.382 e. The molecule has 2 aliphatic rings. The molecular formula is C31H48N4O11. The van der Waals surface area contributed by atoms with Crippen molar-refractivity contribution in [1.82, 2.24) is 10.2 Å². The highest BCUT2D eigenvalue weighted by Crippen LogP contribution is 2.32. The van der Waals surface area contributed by atoms with Gasteiger partial charge in [-0.15, -0.1) is 0 Å². The third-order valence-electron chi connectivity index (χ3n) is 7.00. The van der Waals surface area contributed by atoms with Gasteiger partial charge in [0.1, 0.15) is 6.04 Å². The normalized spacial score (nSPS) is 16.3. The highest BCUT2D eigenvalue weighted by molar-refractivity contribution is 6.25. The molecule has 1 atom stereocenters. The second-order valence-corrected chi connectivity index (χ2v) is 10.4. The van der Waals surface area contributed by atoms with Gasteiger partial charge in [0.15, 0.2) is 0 Å². The summed E-state index contributed by atoms with van der Waals surface area (Å²) >= 11 is 0. The van der Waals surface area contributed by atoms with Crippen LogP contribution in [0.2, 0.25) is 0 Å². The van der Waals surface area contributed by atoms with Crippen molar-refractivity contribution < 1.29 is 52.3 Å². The van der Waals surface area contributed by atoms with E-state index in [-0.39, 0.29) is 24.0 Å². The summed E-state index contributed by atoms with van der Waals surface area (Å²) in [5, 5.41) is 5.33. The lowest BCUT2D eigenvalue weighted by Gasteiger charge is -2.27. The fraction of sp³-hybridized carbons (Fsp3) is 0.677. The largest absolute Gasteiger partial charge is 0.382 e. The van der Waals surface area contributed by atoms with E-state index in [1.165, 1.54) is 0 Å². The molecule has 3 rings (SSSR count). The van der Waals surface area contributed by atoms with Crippen LogP contribution in [0.5, 0.6) is 0 Å². The van der Waals surface area contributed by atoms with Crippen molar-refractivity contribution in [3.8, 4) is 0 Å². The maximum absolute atomic E-state index is 13.1. The summed E-state index contributed by atoms with van der Waals surface area (Å²) < 4.78 is 38.3. The Kier molecular flexibility index (Phi) is 18.3. The minimum atomic E-state index is -1.00. The molecule has 1 aromatic rings. The van der Waals surface area contributed by atoms with E-state index < -0.39 is 29.7 Å². The predicted molar refractivity (Wildman–Crippen MR) is 166 cm³/mol.